The number of benzene rings is 1. The number of nitrogens with zero attached hydrogens (tertiary/aromatic N) is 1. The maximum atomic E-state index is 12.8. The Balaban J connectivity index is 2.55. The molecule has 0 saturated heterocycles. The molecule has 1 amide bonds. The minimum Gasteiger partial charge on any atom is -0.378 e. The van der Waals surface area contributed by atoms with Crippen LogP contribution in [0.2, 0.25) is 0 Å². The molecule has 1 aromatic rings. The lowest BCUT2D eigenvalue weighted by atomic mass is 9.48. The molecule has 0 aromatic heterocycles. The molecule has 0 aliphatic carbocycles. The van der Waals surface area contributed by atoms with Crippen molar-refractivity contribution in [1.82, 2.24) is 5.32 Å². The minimum atomic E-state index is -1.83. The predicted octanol–water partition coefficient (Wildman–Crippen LogP) is -0.207. The van der Waals surface area contributed by atoms with Crippen LogP contribution in [-0.2, 0) is 11.2 Å². The van der Waals surface area contributed by atoms with Crippen LogP contribution in [0.25, 0.3) is 0 Å². The Morgan fingerprint density at radius 3 is 2.54 bits per heavy atom. The molecule has 2 rings (SSSR count). The van der Waals surface area contributed by atoms with E-state index < -0.39 is 16.9 Å². The summed E-state index contributed by atoms with van der Waals surface area (Å²) in [5, 5.41) is 10.9. The fourth-order valence-electron chi connectivity index (χ4n) is 2.65. The second kappa shape index (κ2) is 6.70. The van der Waals surface area contributed by atoms with Gasteiger partial charge in [0.1, 0.15) is 5.60 Å². The number of likely N-dealkylation sites (N-methyl/N-ethyl adjacent to an activating group) is 1. The smallest absolute Gasteiger partial charge is 0.242 e. The van der Waals surface area contributed by atoms with E-state index in [1.807, 2.05) is 12.1 Å². The number of carbonyl (C=O) groups excluding carboxylic acids is 1. The molecule has 1 aromatic carbocycles. The Kier molecular flexibility index (Phi) is 5.22. The van der Waals surface area contributed by atoms with Crippen LogP contribution in [-0.4, -0.2) is 58.5 Å². The van der Waals surface area contributed by atoms with Gasteiger partial charge in [-0.2, -0.15) is 0 Å². The van der Waals surface area contributed by atoms with Crippen molar-refractivity contribution >= 4 is 35.1 Å². The molecule has 1 atom stereocenters. The molecule has 0 bridgehead atoms. The van der Waals surface area contributed by atoms with Crippen molar-refractivity contribution in [2.45, 2.75) is 43.6 Å². The van der Waals surface area contributed by atoms with Gasteiger partial charge >= 0.3 is 0 Å². The number of nitrogens with one attached hydrogen (secondary N) is 1. The van der Waals surface area contributed by atoms with Gasteiger partial charge in [-0.1, -0.05) is 23.1 Å². The lowest BCUT2D eigenvalue weighted by Crippen LogP contribution is -2.58. The summed E-state index contributed by atoms with van der Waals surface area (Å²) in [6.45, 7) is 3.20. The third-order valence-corrected chi connectivity index (χ3v) is 3.80. The summed E-state index contributed by atoms with van der Waals surface area (Å²) in [5.74, 6) is 5.35. The zero-order valence-electron chi connectivity index (χ0n) is 14.3. The van der Waals surface area contributed by atoms with Crippen molar-refractivity contribution in [2.75, 3.05) is 11.9 Å². The van der Waals surface area contributed by atoms with Gasteiger partial charge < -0.3 is 15.3 Å². The van der Waals surface area contributed by atoms with E-state index in [-0.39, 0.29) is 5.91 Å². The lowest BCUT2D eigenvalue weighted by molar-refractivity contribution is -0.120. The summed E-state index contributed by atoms with van der Waals surface area (Å²) in [6.07, 6.45) is 1.29. The van der Waals surface area contributed by atoms with Gasteiger partial charge in [0.2, 0.25) is 5.91 Å². The molecule has 1 aliphatic heterocycles. The van der Waals surface area contributed by atoms with Crippen molar-refractivity contribution in [2.24, 2.45) is 0 Å². The summed E-state index contributed by atoms with van der Waals surface area (Å²) in [4.78, 5) is 14.0. The highest BCUT2D eigenvalue weighted by molar-refractivity contribution is 6.62. The van der Waals surface area contributed by atoms with Crippen LogP contribution in [0, 0.1) is 11.8 Å². The highest BCUT2D eigenvalue weighted by Gasteiger charge is 2.35. The van der Waals surface area contributed by atoms with Crippen LogP contribution in [0.3, 0.4) is 0 Å². The second-order valence-electron chi connectivity index (χ2n) is 6.59. The van der Waals surface area contributed by atoms with E-state index in [9.17, 15) is 9.90 Å². The van der Waals surface area contributed by atoms with Gasteiger partial charge in [-0.15, -0.1) is 0 Å². The second-order valence-corrected chi connectivity index (χ2v) is 6.59. The summed E-state index contributed by atoms with van der Waals surface area (Å²) in [7, 11) is 19.3. The van der Waals surface area contributed by atoms with Gasteiger partial charge in [0.25, 0.3) is 0 Å². The maximum Gasteiger partial charge on any atom is 0.242 e. The Hall–Kier alpha value is -1.64. The van der Waals surface area contributed by atoms with E-state index in [0.29, 0.717) is 24.1 Å². The fraction of sp³-hybridized carbons (Fsp3) is 0.471. The first kappa shape index (κ1) is 18.7. The van der Waals surface area contributed by atoms with Crippen molar-refractivity contribution in [3.8, 4) is 11.8 Å². The van der Waals surface area contributed by atoms with Crippen LogP contribution in [0.15, 0.2) is 18.2 Å². The van der Waals surface area contributed by atoms with Gasteiger partial charge in [-0.05, 0) is 51.4 Å². The zero-order valence-corrected chi connectivity index (χ0v) is 14.3. The first-order chi connectivity index (χ1) is 11.0. The van der Waals surface area contributed by atoms with Crippen molar-refractivity contribution < 1.29 is 9.90 Å². The Bertz CT molecular complexity index is 697. The molecule has 1 heterocycles. The van der Waals surface area contributed by atoms with E-state index >= 15 is 0 Å². The van der Waals surface area contributed by atoms with Crippen molar-refractivity contribution in [1.29, 1.82) is 0 Å². The highest BCUT2D eigenvalue weighted by Crippen LogP contribution is 2.31. The Morgan fingerprint density at radius 1 is 1.33 bits per heavy atom. The van der Waals surface area contributed by atoms with Crippen LogP contribution < -0.4 is 10.2 Å². The SMILES string of the molecule is [B]C([B])([B])N1C(=O)C(NC)CCc2ccc(C#CC(C)(C)O)cc21. The third-order valence-electron chi connectivity index (χ3n) is 3.80. The topological polar surface area (TPSA) is 52.6 Å². The number of fused-ring (bicyclic) bond motifs is 1. The van der Waals surface area contributed by atoms with E-state index in [2.05, 4.69) is 17.2 Å². The fourth-order valence-corrected chi connectivity index (χ4v) is 2.65. The van der Waals surface area contributed by atoms with Gasteiger partial charge in [0, 0.05) is 11.3 Å². The number of hydrogen-bond acceptors (Lipinski definition) is 3. The number of aryl methyl sites for hydroxylation is 1. The molecule has 0 saturated carbocycles. The van der Waals surface area contributed by atoms with E-state index in [4.69, 9.17) is 23.5 Å². The molecule has 7 heteroatoms. The zero-order chi connectivity index (χ0) is 18.1. The number of anilines is 1. The number of rotatable bonds is 2. The van der Waals surface area contributed by atoms with E-state index in [0.717, 1.165) is 5.56 Å². The molecular weight excluding hydrogens is 297 g/mol. The van der Waals surface area contributed by atoms with Crippen LogP contribution in [0.1, 0.15) is 31.4 Å². The van der Waals surface area contributed by atoms with Gasteiger partial charge in [-0.25, -0.2) is 0 Å². The normalized spacial score (nSPS) is 18.4. The molecule has 4 nitrogen and oxygen atoms in total. The molecule has 1 unspecified atom stereocenters. The van der Waals surface area contributed by atoms with Crippen molar-refractivity contribution in [3.05, 3.63) is 29.3 Å². The third kappa shape index (κ3) is 4.25. The summed E-state index contributed by atoms with van der Waals surface area (Å²) < 4.78 is 0. The van der Waals surface area contributed by atoms with Crippen LogP contribution in [0.5, 0.6) is 0 Å². The standard InChI is InChI=1S/C17H19B3N2O2/c1-16(2,24)9-8-11-4-5-12-6-7-13(21-3)15(23)22(14(12)10-11)17(18,19)20/h4-5,10,13,21,24H,6-7H2,1-3H3. The van der Waals surface area contributed by atoms with E-state index in [1.54, 1.807) is 27.0 Å². The molecule has 6 radical (unpaired) electrons. The maximum absolute atomic E-state index is 12.8. The van der Waals surface area contributed by atoms with Gasteiger partial charge in [0.15, 0.2) is 0 Å². The molecule has 118 valence electrons. The Labute approximate surface area is 147 Å². The first-order valence-corrected chi connectivity index (χ1v) is 7.79. The molecule has 0 fully saturated rings. The monoisotopic (exact) mass is 316 g/mol. The number of aliphatic hydroxyl groups is 1. The van der Waals surface area contributed by atoms with Crippen LogP contribution in [0.4, 0.5) is 5.69 Å². The van der Waals surface area contributed by atoms with Crippen molar-refractivity contribution in [3.63, 3.8) is 0 Å². The Morgan fingerprint density at radius 2 is 2.00 bits per heavy atom. The van der Waals surface area contributed by atoms with Crippen LogP contribution >= 0.6 is 0 Å². The molecular formula is C17H19B3N2O2. The first-order valence-electron chi connectivity index (χ1n) is 7.79. The minimum absolute atomic E-state index is 0.281. The lowest BCUT2D eigenvalue weighted by Gasteiger charge is -2.39. The predicted molar refractivity (Wildman–Crippen MR) is 98.3 cm³/mol. The summed E-state index contributed by atoms with van der Waals surface area (Å²) in [5.41, 5.74) is 0.994. The number of amides is 1. The average Bonchev–Trinajstić information content (AvgIpc) is 2.59. The molecule has 24 heavy (non-hydrogen) atoms. The van der Waals surface area contributed by atoms with Gasteiger partial charge in [0.05, 0.1) is 29.6 Å². The van der Waals surface area contributed by atoms with Gasteiger partial charge in [-0.3, -0.25) is 4.79 Å². The molecule has 0 spiro atoms. The quantitative estimate of drug-likeness (QED) is 0.587. The number of carbonyl (C=O) groups is 1. The summed E-state index contributed by atoms with van der Waals surface area (Å²) in [6, 6.07) is 5.03. The largest absolute Gasteiger partial charge is 0.378 e. The highest BCUT2D eigenvalue weighted by atomic mass is 16.3. The average molecular weight is 316 g/mol. The van der Waals surface area contributed by atoms with E-state index in [1.165, 1.54) is 4.90 Å². The molecule has 1 aliphatic rings. The molecule has 2 N–H and O–H groups in total. The summed E-state index contributed by atoms with van der Waals surface area (Å²) >= 11 is 0. The number of hydrogen-bond donors (Lipinski definition) is 2.